The SMILES string of the molecule is C=C[C@]12CC[C@@H](C(=C)C)[C@@H]1[C@H]1CC[C@@H]3[C@@]4(C)CC=C(c5ccc(C)cc5)C(C)(C)[C@@H]4CC[C@@]3(C)[C@]1(C)CC2. The van der Waals surface area contributed by atoms with Gasteiger partial charge in [0, 0.05) is 0 Å². The van der Waals surface area contributed by atoms with Gasteiger partial charge in [0.15, 0.2) is 0 Å². The van der Waals surface area contributed by atoms with Gasteiger partial charge in [0.2, 0.25) is 0 Å². The first-order valence-corrected chi connectivity index (χ1v) is 15.9. The number of allylic oxidation sites excluding steroid dienone is 4. The number of hydrogen-bond acceptors (Lipinski definition) is 0. The van der Waals surface area contributed by atoms with Gasteiger partial charge in [-0.3, -0.25) is 0 Å². The van der Waals surface area contributed by atoms with E-state index in [2.05, 4.69) is 98.0 Å². The first-order chi connectivity index (χ1) is 17.8. The van der Waals surface area contributed by atoms with Crippen molar-refractivity contribution in [3.8, 4) is 0 Å². The fraction of sp³-hybridized carbons (Fsp3) is 0.684. The van der Waals surface area contributed by atoms with E-state index >= 15 is 0 Å². The van der Waals surface area contributed by atoms with Crippen molar-refractivity contribution in [3.05, 3.63) is 66.3 Å². The fourth-order valence-electron chi connectivity index (χ4n) is 12.4. The van der Waals surface area contributed by atoms with Gasteiger partial charge in [-0.1, -0.05) is 88.8 Å². The van der Waals surface area contributed by atoms with Crippen molar-refractivity contribution in [3.63, 3.8) is 0 Å². The van der Waals surface area contributed by atoms with Gasteiger partial charge in [-0.25, -0.2) is 0 Å². The second-order valence-electron chi connectivity index (χ2n) is 16.0. The average Bonchev–Trinajstić information content (AvgIpc) is 3.26. The zero-order valence-electron chi connectivity index (χ0n) is 25.6. The molecule has 5 aliphatic carbocycles. The lowest BCUT2D eigenvalue weighted by molar-refractivity contribution is -0.221. The van der Waals surface area contributed by atoms with Crippen LogP contribution in [-0.2, 0) is 0 Å². The fourth-order valence-corrected chi connectivity index (χ4v) is 12.4. The van der Waals surface area contributed by atoms with E-state index in [1.165, 1.54) is 74.5 Å². The summed E-state index contributed by atoms with van der Waals surface area (Å²) in [6, 6.07) is 9.35. The monoisotopic (exact) mass is 510 g/mol. The quantitative estimate of drug-likeness (QED) is 0.355. The molecule has 0 amide bonds. The Morgan fingerprint density at radius 3 is 2.21 bits per heavy atom. The van der Waals surface area contributed by atoms with Crippen molar-refractivity contribution < 1.29 is 0 Å². The molecular weight excluding hydrogens is 456 g/mol. The molecule has 1 aromatic carbocycles. The maximum atomic E-state index is 4.53. The van der Waals surface area contributed by atoms with Crippen molar-refractivity contribution >= 4 is 5.57 Å². The van der Waals surface area contributed by atoms with Crippen LogP contribution in [0.2, 0.25) is 0 Å². The van der Waals surface area contributed by atoms with Crippen molar-refractivity contribution in [2.75, 3.05) is 0 Å². The number of benzene rings is 1. The topological polar surface area (TPSA) is 0 Å². The van der Waals surface area contributed by atoms with Crippen LogP contribution in [0.4, 0.5) is 0 Å². The highest BCUT2D eigenvalue weighted by molar-refractivity contribution is 5.71. The Hall–Kier alpha value is -1.56. The number of fused-ring (bicyclic) bond motifs is 7. The molecule has 6 rings (SSSR count). The molecule has 0 spiro atoms. The minimum atomic E-state index is 0.211. The largest absolute Gasteiger partial charge is 0.103 e. The van der Waals surface area contributed by atoms with E-state index in [1.54, 1.807) is 5.57 Å². The van der Waals surface area contributed by atoms with Gasteiger partial charge in [-0.2, -0.15) is 0 Å². The van der Waals surface area contributed by atoms with E-state index in [1.807, 2.05) is 0 Å². The van der Waals surface area contributed by atoms with Crippen LogP contribution in [0.15, 0.2) is 55.1 Å². The van der Waals surface area contributed by atoms with Crippen molar-refractivity contribution in [1.29, 1.82) is 0 Å². The lowest BCUT2D eigenvalue weighted by atomic mass is 9.32. The van der Waals surface area contributed by atoms with Crippen LogP contribution in [0, 0.1) is 63.6 Å². The predicted octanol–water partition coefficient (Wildman–Crippen LogP) is 10.8. The lowest BCUT2D eigenvalue weighted by Crippen LogP contribution is -2.65. The molecule has 0 aliphatic heterocycles. The maximum Gasteiger partial charge on any atom is -0.00671 e. The predicted molar refractivity (Wildman–Crippen MR) is 164 cm³/mol. The van der Waals surface area contributed by atoms with Gasteiger partial charge in [0.05, 0.1) is 0 Å². The van der Waals surface area contributed by atoms with Crippen LogP contribution < -0.4 is 0 Å². The first kappa shape index (κ1) is 26.7. The van der Waals surface area contributed by atoms with E-state index in [0.717, 1.165) is 23.7 Å². The van der Waals surface area contributed by atoms with Crippen LogP contribution >= 0.6 is 0 Å². The molecule has 38 heavy (non-hydrogen) atoms. The Kier molecular flexibility index (Phi) is 5.94. The van der Waals surface area contributed by atoms with Crippen molar-refractivity contribution in [2.45, 2.75) is 106 Å². The molecule has 1 aromatic rings. The van der Waals surface area contributed by atoms with Gasteiger partial charge < -0.3 is 0 Å². The molecule has 0 nitrogen and oxygen atoms in total. The summed E-state index contributed by atoms with van der Waals surface area (Å²) in [5.74, 6) is 3.83. The number of hydrogen-bond donors (Lipinski definition) is 0. The summed E-state index contributed by atoms with van der Waals surface area (Å²) in [5, 5.41) is 0. The smallest absolute Gasteiger partial charge is 0.00671 e. The third-order valence-electron chi connectivity index (χ3n) is 14.5. The summed E-state index contributed by atoms with van der Waals surface area (Å²) in [6.07, 6.45) is 17.4. The first-order valence-electron chi connectivity index (χ1n) is 15.9. The van der Waals surface area contributed by atoms with Crippen molar-refractivity contribution in [2.24, 2.45) is 56.7 Å². The van der Waals surface area contributed by atoms with Crippen LogP contribution in [0.3, 0.4) is 0 Å². The molecule has 4 saturated carbocycles. The minimum absolute atomic E-state index is 0.211. The molecule has 5 aliphatic rings. The second-order valence-corrected chi connectivity index (χ2v) is 16.0. The standard InChI is InChI=1S/C38H54/c1-10-38-22-17-28(25(2)3)33(38)30-15-16-32-35(7)20-18-29(27-13-11-26(4)12-14-27)34(5,6)31(35)19-21-37(32,9)36(30,8)23-24-38/h10-14,18,28,30-33H,1-2,15-17,19-24H2,3-9H3/t28-,30+,31-,32+,33+,35-,36+,37+,38+/m0/s1. The van der Waals surface area contributed by atoms with E-state index in [0.29, 0.717) is 27.6 Å². The molecule has 4 fully saturated rings. The van der Waals surface area contributed by atoms with Gasteiger partial charge in [0.25, 0.3) is 0 Å². The Bertz CT molecular complexity index is 1160. The third-order valence-corrected chi connectivity index (χ3v) is 14.5. The molecule has 0 bridgehead atoms. The molecule has 206 valence electrons. The second kappa shape index (κ2) is 8.47. The molecule has 0 aromatic heterocycles. The molecule has 0 heteroatoms. The highest BCUT2D eigenvalue weighted by Gasteiger charge is 2.70. The Balaban J connectivity index is 1.39. The molecule has 0 radical (unpaired) electrons. The molecule has 0 heterocycles. The average molecular weight is 511 g/mol. The van der Waals surface area contributed by atoms with Gasteiger partial charge in [0.1, 0.15) is 0 Å². The van der Waals surface area contributed by atoms with E-state index in [4.69, 9.17) is 0 Å². The van der Waals surface area contributed by atoms with E-state index < -0.39 is 0 Å². The molecule has 0 saturated heterocycles. The van der Waals surface area contributed by atoms with Crippen LogP contribution in [0.5, 0.6) is 0 Å². The summed E-state index contributed by atoms with van der Waals surface area (Å²) >= 11 is 0. The molecule has 0 N–H and O–H groups in total. The normalized spacial score (nSPS) is 47.1. The number of aryl methyl sites for hydroxylation is 1. The third kappa shape index (κ3) is 3.28. The van der Waals surface area contributed by atoms with E-state index in [-0.39, 0.29) is 5.41 Å². The number of rotatable bonds is 3. The summed E-state index contributed by atoms with van der Waals surface area (Å²) in [5.41, 5.74) is 7.64. The lowest BCUT2D eigenvalue weighted by Gasteiger charge is -2.72. The molecular formula is C38H54. The highest BCUT2D eigenvalue weighted by atomic mass is 14.7. The summed E-state index contributed by atoms with van der Waals surface area (Å²) in [7, 11) is 0. The van der Waals surface area contributed by atoms with E-state index in [9.17, 15) is 0 Å². The summed E-state index contributed by atoms with van der Waals surface area (Å²) < 4.78 is 0. The van der Waals surface area contributed by atoms with Gasteiger partial charge in [-0.15, -0.1) is 6.58 Å². The van der Waals surface area contributed by atoms with Gasteiger partial charge in [-0.05, 0) is 139 Å². The van der Waals surface area contributed by atoms with Crippen molar-refractivity contribution in [1.82, 2.24) is 0 Å². The Morgan fingerprint density at radius 2 is 1.55 bits per heavy atom. The zero-order chi connectivity index (χ0) is 27.3. The maximum absolute atomic E-state index is 4.53. The molecule has 0 unspecified atom stereocenters. The Labute approximate surface area is 234 Å². The zero-order valence-corrected chi connectivity index (χ0v) is 25.6. The van der Waals surface area contributed by atoms with Crippen LogP contribution in [0.1, 0.15) is 110 Å². The minimum Gasteiger partial charge on any atom is -0.103 e. The van der Waals surface area contributed by atoms with Crippen LogP contribution in [-0.4, -0.2) is 0 Å². The highest BCUT2D eigenvalue weighted by Crippen LogP contribution is 2.77. The Morgan fingerprint density at radius 1 is 0.842 bits per heavy atom. The van der Waals surface area contributed by atoms with Crippen LogP contribution in [0.25, 0.3) is 5.57 Å². The summed E-state index contributed by atoms with van der Waals surface area (Å²) in [6.45, 7) is 26.9. The molecule has 9 atom stereocenters. The van der Waals surface area contributed by atoms with Gasteiger partial charge >= 0.3 is 0 Å². The summed E-state index contributed by atoms with van der Waals surface area (Å²) in [4.78, 5) is 0.